The third-order valence-electron chi connectivity index (χ3n) is 4.89. The highest BCUT2D eigenvalue weighted by molar-refractivity contribution is 7.89. The molecule has 10 heteroatoms. The predicted molar refractivity (Wildman–Crippen MR) is 108 cm³/mol. The number of nitrogens with zero attached hydrogens (tertiary/aromatic N) is 2. The number of piperazine rings is 1. The zero-order valence-electron chi connectivity index (χ0n) is 15.3. The highest BCUT2D eigenvalue weighted by Crippen LogP contribution is 2.23. The SMILES string of the molecule is O=C(Cc1ccc(F)cc1)N1CCN(S(=O)(=O)c2ccc3[nH]c(=O)sc3c2)CC1. The molecule has 1 fully saturated rings. The van der Waals surface area contributed by atoms with Crippen molar-refractivity contribution in [2.24, 2.45) is 0 Å². The monoisotopic (exact) mass is 435 g/mol. The Balaban J connectivity index is 1.43. The molecular weight excluding hydrogens is 417 g/mol. The molecular formula is C19H18FN3O4S2. The quantitative estimate of drug-likeness (QED) is 0.677. The Kier molecular flexibility index (Phi) is 5.24. The van der Waals surface area contributed by atoms with Crippen LogP contribution in [0.3, 0.4) is 0 Å². The van der Waals surface area contributed by atoms with E-state index in [2.05, 4.69) is 4.98 Å². The van der Waals surface area contributed by atoms with Crippen molar-refractivity contribution in [1.29, 1.82) is 0 Å². The number of aromatic amines is 1. The summed E-state index contributed by atoms with van der Waals surface area (Å²) in [5.41, 5.74) is 1.32. The number of H-pyrrole nitrogens is 1. The van der Waals surface area contributed by atoms with Crippen molar-refractivity contribution in [3.05, 3.63) is 63.5 Å². The van der Waals surface area contributed by atoms with Gasteiger partial charge in [-0.1, -0.05) is 23.5 Å². The van der Waals surface area contributed by atoms with E-state index < -0.39 is 10.0 Å². The van der Waals surface area contributed by atoms with Gasteiger partial charge in [-0.15, -0.1) is 0 Å². The van der Waals surface area contributed by atoms with E-state index in [-0.39, 0.29) is 41.0 Å². The topological polar surface area (TPSA) is 90.6 Å². The van der Waals surface area contributed by atoms with E-state index in [4.69, 9.17) is 0 Å². The molecule has 0 unspecified atom stereocenters. The number of sulfonamides is 1. The summed E-state index contributed by atoms with van der Waals surface area (Å²) < 4.78 is 40.8. The second kappa shape index (κ2) is 7.69. The van der Waals surface area contributed by atoms with Gasteiger partial charge in [0.25, 0.3) is 0 Å². The van der Waals surface area contributed by atoms with Crippen LogP contribution < -0.4 is 4.87 Å². The van der Waals surface area contributed by atoms with Gasteiger partial charge >= 0.3 is 4.87 Å². The van der Waals surface area contributed by atoms with Crippen LogP contribution in [0.25, 0.3) is 10.2 Å². The molecule has 7 nitrogen and oxygen atoms in total. The minimum absolute atomic E-state index is 0.118. The van der Waals surface area contributed by atoms with Gasteiger partial charge in [0.05, 0.1) is 21.5 Å². The number of amides is 1. The molecule has 4 rings (SSSR count). The lowest BCUT2D eigenvalue weighted by Gasteiger charge is -2.34. The third-order valence-corrected chi connectivity index (χ3v) is 7.63. The van der Waals surface area contributed by atoms with Crippen LogP contribution in [0, 0.1) is 5.82 Å². The van der Waals surface area contributed by atoms with Crippen LogP contribution in [0.2, 0.25) is 0 Å². The van der Waals surface area contributed by atoms with Crippen LogP contribution in [0.4, 0.5) is 4.39 Å². The van der Waals surface area contributed by atoms with Gasteiger partial charge in [0.2, 0.25) is 15.9 Å². The number of hydrogen-bond acceptors (Lipinski definition) is 5. The molecule has 1 saturated heterocycles. The van der Waals surface area contributed by atoms with E-state index in [0.717, 1.165) is 11.3 Å². The number of thiazole rings is 1. The maximum atomic E-state index is 13.0. The van der Waals surface area contributed by atoms with Gasteiger partial charge in [-0.25, -0.2) is 12.8 Å². The zero-order valence-corrected chi connectivity index (χ0v) is 16.9. The fraction of sp³-hybridized carbons (Fsp3) is 0.263. The van der Waals surface area contributed by atoms with E-state index in [1.54, 1.807) is 23.1 Å². The first-order valence-electron chi connectivity index (χ1n) is 8.98. The first kappa shape index (κ1) is 19.7. The summed E-state index contributed by atoms with van der Waals surface area (Å²) in [6.07, 6.45) is 0.149. The molecule has 3 aromatic rings. The molecule has 1 aromatic heterocycles. The minimum atomic E-state index is -3.71. The number of carbonyl (C=O) groups excluding carboxylic acids is 1. The molecule has 0 bridgehead atoms. The average molecular weight is 436 g/mol. The second-order valence-corrected chi connectivity index (χ2v) is 9.71. The molecule has 152 valence electrons. The van der Waals surface area contributed by atoms with Crippen LogP contribution in [0.15, 0.2) is 52.2 Å². The first-order chi connectivity index (χ1) is 13.8. The Morgan fingerprint density at radius 2 is 1.76 bits per heavy atom. The number of carbonyl (C=O) groups is 1. The van der Waals surface area contributed by atoms with Gasteiger partial charge in [-0.3, -0.25) is 9.59 Å². The molecule has 2 heterocycles. The lowest BCUT2D eigenvalue weighted by atomic mass is 10.1. The Labute approximate surface area is 170 Å². The van der Waals surface area contributed by atoms with Crippen LogP contribution in [-0.4, -0.2) is 54.7 Å². The number of fused-ring (bicyclic) bond motifs is 1. The Morgan fingerprint density at radius 3 is 2.45 bits per heavy atom. The molecule has 0 radical (unpaired) electrons. The summed E-state index contributed by atoms with van der Waals surface area (Å²) >= 11 is 0.965. The van der Waals surface area contributed by atoms with Gasteiger partial charge in [-0.2, -0.15) is 4.31 Å². The summed E-state index contributed by atoms with van der Waals surface area (Å²) in [6.45, 7) is 0.968. The molecule has 1 aliphatic heterocycles. The average Bonchev–Trinajstić information content (AvgIpc) is 3.09. The van der Waals surface area contributed by atoms with Gasteiger partial charge in [0, 0.05) is 26.2 Å². The zero-order chi connectivity index (χ0) is 20.6. The van der Waals surface area contributed by atoms with Crippen molar-refractivity contribution < 1.29 is 17.6 Å². The van der Waals surface area contributed by atoms with Crippen molar-refractivity contribution in [3.63, 3.8) is 0 Å². The standard InChI is InChI=1S/C19H18FN3O4S2/c20-14-3-1-13(2-4-14)11-18(24)22-7-9-23(10-8-22)29(26,27)15-5-6-16-17(12-15)28-19(25)21-16/h1-6,12H,7-11H2,(H,21,25). The fourth-order valence-corrected chi connectivity index (χ4v) is 5.60. The fourth-order valence-electron chi connectivity index (χ4n) is 3.30. The van der Waals surface area contributed by atoms with Gasteiger partial charge in [0.1, 0.15) is 5.82 Å². The highest BCUT2D eigenvalue weighted by Gasteiger charge is 2.30. The third kappa shape index (κ3) is 4.09. The largest absolute Gasteiger partial charge is 0.340 e. The van der Waals surface area contributed by atoms with Crippen molar-refractivity contribution in [2.45, 2.75) is 11.3 Å². The van der Waals surface area contributed by atoms with Crippen molar-refractivity contribution in [2.75, 3.05) is 26.2 Å². The number of hydrogen-bond donors (Lipinski definition) is 1. The van der Waals surface area contributed by atoms with Gasteiger partial charge < -0.3 is 9.88 Å². The minimum Gasteiger partial charge on any atom is -0.340 e. The predicted octanol–water partition coefficient (Wildman–Crippen LogP) is 1.80. The smallest absolute Gasteiger partial charge is 0.305 e. The summed E-state index contributed by atoms with van der Waals surface area (Å²) in [5.74, 6) is -0.475. The lowest BCUT2D eigenvalue weighted by molar-refractivity contribution is -0.131. The van der Waals surface area contributed by atoms with E-state index in [0.29, 0.717) is 28.9 Å². The molecule has 1 amide bonds. The Morgan fingerprint density at radius 1 is 1.07 bits per heavy atom. The molecule has 1 aliphatic rings. The van der Waals surface area contributed by atoms with Crippen LogP contribution in [-0.2, 0) is 21.2 Å². The Bertz CT molecular complexity index is 1210. The Hall–Kier alpha value is -2.56. The molecule has 0 saturated carbocycles. The van der Waals surface area contributed by atoms with E-state index in [9.17, 15) is 22.4 Å². The first-order valence-corrected chi connectivity index (χ1v) is 11.2. The van der Waals surface area contributed by atoms with E-state index in [1.807, 2.05) is 0 Å². The highest BCUT2D eigenvalue weighted by atomic mass is 32.2. The number of aromatic nitrogens is 1. The summed E-state index contributed by atoms with van der Waals surface area (Å²) in [5, 5.41) is 0. The maximum absolute atomic E-state index is 13.0. The summed E-state index contributed by atoms with van der Waals surface area (Å²) in [6, 6.07) is 10.3. The molecule has 29 heavy (non-hydrogen) atoms. The lowest BCUT2D eigenvalue weighted by Crippen LogP contribution is -2.50. The molecule has 0 atom stereocenters. The summed E-state index contributed by atoms with van der Waals surface area (Å²) in [7, 11) is -3.71. The molecule has 0 aliphatic carbocycles. The maximum Gasteiger partial charge on any atom is 0.305 e. The van der Waals surface area contributed by atoms with E-state index >= 15 is 0 Å². The number of rotatable bonds is 4. The number of halogens is 1. The van der Waals surface area contributed by atoms with Crippen LogP contribution in [0.5, 0.6) is 0 Å². The van der Waals surface area contributed by atoms with Gasteiger partial charge in [0.15, 0.2) is 0 Å². The van der Waals surface area contributed by atoms with Crippen molar-refractivity contribution in [1.82, 2.24) is 14.2 Å². The molecule has 0 spiro atoms. The number of nitrogens with one attached hydrogen (secondary N) is 1. The molecule has 2 aromatic carbocycles. The van der Waals surface area contributed by atoms with Crippen LogP contribution in [0.1, 0.15) is 5.56 Å². The number of benzene rings is 2. The van der Waals surface area contributed by atoms with Crippen molar-refractivity contribution >= 4 is 37.5 Å². The van der Waals surface area contributed by atoms with Crippen LogP contribution >= 0.6 is 11.3 Å². The van der Waals surface area contributed by atoms with E-state index in [1.165, 1.54) is 28.6 Å². The van der Waals surface area contributed by atoms with Gasteiger partial charge in [-0.05, 0) is 35.9 Å². The second-order valence-electron chi connectivity index (χ2n) is 6.76. The molecule has 1 N–H and O–H groups in total. The summed E-state index contributed by atoms with van der Waals surface area (Å²) in [4.78, 5) is 28.1. The normalized spacial score (nSPS) is 15.7. The van der Waals surface area contributed by atoms with Crippen molar-refractivity contribution in [3.8, 4) is 0 Å².